The second kappa shape index (κ2) is 11.9. The van der Waals surface area contributed by atoms with E-state index in [1.807, 2.05) is 0 Å². The van der Waals surface area contributed by atoms with Gasteiger partial charge in [-0.15, -0.1) is 0 Å². The fraction of sp³-hybridized carbons (Fsp3) is 0.148. The normalized spacial score (nSPS) is 17.9. The lowest BCUT2D eigenvalue weighted by Gasteiger charge is -2.42. The summed E-state index contributed by atoms with van der Waals surface area (Å²) in [6, 6.07) is 59.9. The molecule has 1 unspecified atom stereocenters. The van der Waals surface area contributed by atoms with E-state index in [1.54, 1.807) is 0 Å². The molecule has 0 aliphatic heterocycles. The number of benzene rings is 7. The molecule has 7 aromatic carbocycles. The van der Waals surface area contributed by atoms with Crippen LogP contribution >= 0.6 is 0 Å². The number of allylic oxidation sites excluding steroid dienone is 4. The number of nitrogens with zero attached hydrogens (tertiary/aromatic N) is 1. The van der Waals surface area contributed by atoms with Crippen LogP contribution in [0.15, 0.2) is 175 Å². The smallest absolute Gasteiger partial charge is 0.0716 e. The van der Waals surface area contributed by atoms with Crippen LogP contribution in [-0.2, 0) is 17.3 Å². The Labute approximate surface area is 325 Å². The molecule has 0 N–H and O–H groups in total. The molecule has 55 heavy (non-hydrogen) atoms. The molecule has 11 rings (SSSR count). The Morgan fingerprint density at radius 2 is 1.07 bits per heavy atom. The SMILES string of the molecule is Cc1ccc(-c2ccc(N(c3ccc4c(c3)C(C)(C)c3ccccc3-4)c3ccc4c(c3)C3(C5=C(CCC=C5)c5ccccc53)c3ccccc3C4)cc2)cc1. The molecule has 0 saturated heterocycles. The highest BCUT2D eigenvalue weighted by atomic mass is 15.1. The number of aryl methyl sites for hydroxylation is 1. The summed E-state index contributed by atoms with van der Waals surface area (Å²) in [5, 5.41) is 0. The molecule has 0 saturated carbocycles. The van der Waals surface area contributed by atoms with Crippen molar-refractivity contribution in [2.45, 2.75) is 50.9 Å². The minimum atomic E-state index is -0.369. The quantitative estimate of drug-likeness (QED) is 0.176. The average molecular weight is 706 g/mol. The Kier molecular flexibility index (Phi) is 6.99. The first kappa shape index (κ1) is 32.3. The Bertz CT molecular complexity index is 2760. The van der Waals surface area contributed by atoms with Gasteiger partial charge in [-0.25, -0.2) is 0 Å². The number of fused-ring (bicyclic) bond motifs is 11. The van der Waals surface area contributed by atoms with Crippen molar-refractivity contribution in [3.05, 3.63) is 226 Å². The van der Waals surface area contributed by atoms with Gasteiger partial charge in [0.1, 0.15) is 0 Å². The summed E-state index contributed by atoms with van der Waals surface area (Å²) in [4.78, 5) is 2.50. The maximum atomic E-state index is 2.54. The largest absolute Gasteiger partial charge is 0.310 e. The van der Waals surface area contributed by atoms with Crippen LogP contribution in [0.4, 0.5) is 17.1 Å². The van der Waals surface area contributed by atoms with Crippen LogP contribution < -0.4 is 4.90 Å². The zero-order valence-electron chi connectivity index (χ0n) is 31.7. The van der Waals surface area contributed by atoms with Crippen LogP contribution in [0.25, 0.3) is 27.8 Å². The third kappa shape index (κ3) is 4.59. The zero-order valence-corrected chi connectivity index (χ0v) is 31.7. The molecule has 264 valence electrons. The predicted molar refractivity (Wildman–Crippen MR) is 230 cm³/mol. The van der Waals surface area contributed by atoms with Crippen molar-refractivity contribution in [2.75, 3.05) is 4.90 Å². The van der Waals surface area contributed by atoms with E-state index in [-0.39, 0.29) is 10.8 Å². The van der Waals surface area contributed by atoms with E-state index in [2.05, 4.69) is 196 Å². The molecule has 0 bridgehead atoms. The molecule has 4 aliphatic rings. The standard InChI is InChI=1S/C54H43N/c1-35-20-22-36(23-21-35)37-24-27-40(28-25-37)55(42-30-31-46-43-13-5-9-17-48(43)53(2,3)52(46)34-42)41-29-26-39-32-38-12-4-8-16-47(38)54(51(39)33-41)49-18-10-6-14-44(49)45-15-7-11-19-50(45)54/h4-6,8-14,16-31,33-34H,7,15,32H2,1-3H3. The van der Waals surface area contributed by atoms with Crippen molar-refractivity contribution in [1.82, 2.24) is 0 Å². The highest BCUT2D eigenvalue weighted by Crippen LogP contribution is 2.60. The third-order valence-corrected chi connectivity index (χ3v) is 13.1. The van der Waals surface area contributed by atoms with E-state index in [0.29, 0.717) is 0 Å². The van der Waals surface area contributed by atoms with Crippen molar-refractivity contribution in [3.8, 4) is 22.3 Å². The second-order valence-electron chi connectivity index (χ2n) is 16.5. The fourth-order valence-corrected chi connectivity index (χ4v) is 10.5. The van der Waals surface area contributed by atoms with Crippen LogP contribution in [0.2, 0.25) is 0 Å². The monoisotopic (exact) mass is 705 g/mol. The van der Waals surface area contributed by atoms with Gasteiger partial charge < -0.3 is 4.90 Å². The summed E-state index contributed by atoms with van der Waals surface area (Å²) >= 11 is 0. The van der Waals surface area contributed by atoms with Crippen molar-refractivity contribution >= 4 is 22.6 Å². The first-order valence-corrected chi connectivity index (χ1v) is 19.9. The number of anilines is 3. The van der Waals surface area contributed by atoms with Crippen LogP contribution in [0.1, 0.15) is 76.8 Å². The molecule has 1 atom stereocenters. The third-order valence-electron chi connectivity index (χ3n) is 13.1. The first-order valence-electron chi connectivity index (χ1n) is 19.9. The fourth-order valence-electron chi connectivity index (χ4n) is 10.5. The van der Waals surface area contributed by atoms with Crippen molar-refractivity contribution in [3.63, 3.8) is 0 Å². The molecule has 4 aliphatic carbocycles. The van der Waals surface area contributed by atoms with Gasteiger partial charge >= 0.3 is 0 Å². The molecule has 1 nitrogen and oxygen atoms in total. The van der Waals surface area contributed by atoms with E-state index in [0.717, 1.165) is 24.9 Å². The molecule has 0 fully saturated rings. The average Bonchev–Trinajstić information content (AvgIpc) is 3.65. The highest BCUT2D eigenvalue weighted by Gasteiger charge is 2.50. The molecule has 1 spiro atoms. The maximum absolute atomic E-state index is 2.54. The predicted octanol–water partition coefficient (Wildman–Crippen LogP) is 13.8. The lowest BCUT2D eigenvalue weighted by molar-refractivity contribution is 0.660. The number of hydrogen-bond donors (Lipinski definition) is 0. The van der Waals surface area contributed by atoms with Crippen LogP contribution in [0.5, 0.6) is 0 Å². The number of hydrogen-bond acceptors (Lipinski definition) is 1. The van der Waals surface area contributed by atoms with E-state index in [4.69, 9.17) is 0 Å². The lowest BCUT2D eigenvalue weighted by atomic mass is 9.60. The summed E-state index contributed by atoms with van der Waals surface area (Å²) < 4.78 is 0. The van der Waals surface area contributed by atoms with Crippen LogP contribution in [0.3, 0.4) is 0 Å². The van der Waals surface area contributed by atoms with Crippen LogP contribution in [-0.4, -0.2) is 0 Å². The Morgan fingerprint density at radius 3 is 1.85 bits per heavy atom. The van der Waals surface area contributed by atoms with Gasteiger partial charge in [-0.2, -0.15) is 0 Å². The van der Waals surface area contributed by atoms with E-state index in [1.165, 1.54) is 94.8 Å². The van der Waals surface area contributed by atoms with Crippen molar-refractivity contribution in [2.24, 2.45) is 0 Å². The van der Waals surface area contributed by atoms with Gasteiger partial charge in [0, 0.05) is 22.5 Å². The summed E-state index contributed by atoms with van der Waals surface area (Å²) in [7, 11) is 0. The minimum absolute atomic E-state index is 0.101. The molecule has 0 heterocycles. The minimum Gasteiger partial charge on any atom is -0.310 e. The summed E-state index contributed by atoms with van der Waals surface area (Å²) in [5.41, 5.74) is 23.7. The Balaban J connectivity index is 1.14. The first-order chi connectivity index (χ1) is 26.9. The Morgan fingerprint density at radius 1 is 0.491 bits per heavy atom. The molecule has 0 aromatic heterocycles. The van der Waals surface area contributed by atoms with Gasteiger partial charge in [0.05, 0.1) is 5.41 Å². The van der Waals surface area contributed by atoms with Gasteiger partial charge in [0.25, 0.3) is 0 Å². The van der Waals surface area contributed by atoms with Gasteiger partial charge in [0.15, 0.2) is 0 Å². The summed E-state index contributed by atoms with van der Waals surface area (Å²) in [5.74, 6) is 0. The van der Waals surface area contributed by atoms with E-state index >= 15 is 0 Å². The van der Waals surface area contributed by atoms with Gasteiger partial charge in [-0.05, 0) is 140 Å². The summed E-state index contributed by atoms with van der Waals surface area (Å²) in [6.45, 7) is 6.90. The molecular formula is C54H43N. The second-order valence-corrected chi connectivity index (χ2v) is 16.5. The molecule has 0 amide bonds. The molecule has 1 heteroatoms. The van der Waals surface area contributed by atoms with Gasteiger partial charge in [0.2, 0.25) is 0 Å². The number of rotatable bonds is 4. The molecule has 0 radical (unpaired) electrons. The molecule has 7 aromatic rings. The van der Waals surface area contributed by atoms with E-state index < -0.39 is 0 Å². The maximum Gasteiger partial charge on any atom is 0.0716 e. The highest BCUT2D eigenvalue weighted by molar-refractivity contribution is 5.91. The van der Waals surface area contributed by atoms with Gasteiger partial charge in [-0.1, -0.05) is 153 Å². The molecular weight excluding hydrogens is 663 g/mol. The van der Waals surface area contributed by atoms with Crippen molar-refractivity contribution in [1.29, 1.82) is 0 Å². The van der Waals surface area contributed by atoms with Crippen molar-refractivity contribution < 1.29 is 0 Å². The van der Waals surface area contributed by atoms with Gasteiger partial charge in [-0.3, -0.25) is 0 Å². The van der Waals surface area contributed by atoms with E-state index in [9.17, 15) is 0 Å². The topological polar surface area (TPSA) is 3.24 Å². The summed E-state index contributed by atoms with van der Waals surface area (Å²) in [6.07, 6.45) is 7.95. The lowest BCUT2D eigenvalue weighted by Crippen LogP contribution is -2.35. The van der Waals surface area contributed by atoms with Crippen LogP contribution in [0, 0.1) is 6.92 Å². The Hall–Kier alpha value is -6.18. The zero-order chi connectivity index (χ0) is 36.9.